The van der Waals surface area contributed by atoms with Gasteiger partial charge in [0.1, 0.15) is 0 Å². The van der Waals surface area contributed by atoms with Crippen LogP contribution in [0.3, 0.4) is 0 Å². The molecule has 2 aliphatic rings. The first-order chi connectivity index (χ1) is 9.02. The summed E-state index contributed by atoms with van der Waals surface area (Å²) in [5, 5.41) is 14.9. The Morgan fingerprint density at radius 2 is 1.95 bits per heavy atom. The molecule has 1 saturated heterocycles. The topological polar surface area (TPSA) is 56.5 Å². The Morgan fingerprint density at radius 1 is 1.26 bits per heavy atom. The van der Waals surface area contributed by atoms with E-state index in [1.165, 1.54) is 5.56 Å². The molecule has 1 spiro atoms. The Balaban J connectivity index is 1.91. The number of aryl methyl sites for hydroxylation is 1. The summed E-state index contributed by atoms with van der Waals surface area (Å²) < 4.78 is 13.5. The molecule has 3 rings (SSSR count). The van der Waals surface area contributed by atoms with Gasteiger partial charge in [-0.25, -0.2) is 0 Å². The number of hydrogen-bond donors (Lipinski definition) is 1. The maximum atomic E-state index is 10.3. The number of hydrogen-bond acceptors (Lipinski definition) is 4. The van der Waals surface area contributed by atoms with Crippen molar-refractivity contribution in [1.82, 2.24) is 9.78 Å². The van der Waals surface area contributed by atoms with Crippen LogP contribution in [0.4, 0.5) is 0 Å². The number of rotatable bonds is 1. The summed E-state index contributed by atoms with van der Waals surface area (Å²) in [6, 6.07) is -0.0563. The minimum Gasteiger partial charge on any atom is -0.391 e. The summed E-state index contributed by atoms with van der Waals surface area (Å²) in [6.07, 6.45) is 1.76. The largest absolute Gasteiger partial charge is 0.391 e. The van der Waals surface area contributed by atoms with Crippen molar-refractivity contribution in [2.75, 3.05) is 13.2 Å². The van der Waals surface area contributed by atoms with Crippen molar-refractivity contribution in [1.29, 1.82) is 0 Å². The predicted molar refractivity (Wildman–Crippen MR) is 70.0 cm³/mol. The van der Waals surface area contributed by atoms with E-state index in [9.17, 15) is 5.11 Å². The molecule has 5 heteroatoms. The number of aliphatic hydroxyl groups excluding tert-OH is 1. The molecule has 1 aromatic heterocycles. The van der Waals surface area contributed by atoms with E-state index < -0.39 is 5.79 Å². The van der Waals surface area contributed by atoms with Crippen LogP contribution in [0.2, 0.25) is 0 Å². The maximum absolute atomic E-state index is 10.3. The molecule has 0 radical (unpaired) electrons. The van der Waals surface area contributed by atoms with Crippen LogP contribution in [0, 0.1) is 20.8 Å². The second-order valence-electron chi connectivity index (χ2n) is 5.73. The highest BCUT2D eigenvalue weighted by atomic mass is 16.7. The van der Waals surface area contributed by atoms with Crippen LogP contribution in [-0.2, 0) is 9.47 Å². The van der Waals surface area contributed by atoms with Crippen molar-refractivity contribution in [3.63, 3.8) is 0 Å². The minimum atomic E-state index is -0.496. The molecule has 2 unspecified atom stereocenters. The molecule has 5 nitrogen and oxygen atoms in total. The van der Waals surface area contributed by atoms with Crippen molar-refractivity contribution in [2.45, 2.75) is 58.0 Å². The van der Waals surface area contributed by atoms with Crippen LogP contribution in [0.1, 0.15) is 42.3 Å². The zero-order chi connectivity index (χ0) is 13.6. The van der Waals surface area contributed by atoms with Crippen LogP contribution in [0.15, 0.2) is 0 Å². The molecule has 2 fully saturated rings. The first-order valence-electron chi connectivity index (χ1n) is 7.01. The van der Waals surface area contributed by atoms with Gasteiger partial charge in [-0.2, -0.15) is 5.10 Å². The molecule has 106 valence electrons. The van der Waals surface area contributed by atoms with Gasteiger partial charge in [-0.3, -0.25) is 4.68 Å². The average Bonchev–Trinajstić information content (AvgIpc) is 2.94. The molecule has 2 atom stereocenters. The first-order valence-corrected chi connectivity index (χ1v) is 7.01. The summed E-state index contributed by atoms with van der Waals surface area (Å²) in [6.45, 7) is 7.44. The highest BCUT2D eigenvalue weighted by molar-refractivity contribution is 5.23. The molecule has 0 bridgehead atoms. The third-order valence-electron chi connectivity index (χ3n) is 4.60. The lowest BCUT2D eigenvalue weighted by Gasteiger charge is -2.39. The molecule has 19 heavy (non-hydrogen) atoms. The van der Waals surface area contributed by atoms with E-state index in [-0.39, 0.29) is 12.1 Å². The molecular weight excluding hydrogens is 244 g/mol. The molecule has 0 aromatic carbocycles. The first kappa shape index (κ1) is 13.1. The van der Waals surface area contributed by atoms with Crippen molar-refractivity contribution >= 4 is 0 Å². The standard InChI is InChI=1S/C14H22N2O3/c1-9-10(2)15-16(11(9)3)12-8-14(5-4-13(12)17)18-6-7-19-14/h12-13,17H,4-8H2,1-3H3. The summed E-state index contributed by atoms with van der Waals surface area (Å²) in [7, 11) is 0. The molecule has 1 aliphatic heterocycles. The monoisotopic (exact) mass is 266 g/mol. The molecule has 1 N–H and O–H groups in total. The van der Waals surface area contributed by atoms with Crippen LogP contribution in [0.25, 0.3) is 0 Å². The van der Waals surface area contributed by atoms with E-state index in [0.717, 1.165) is 17.8 Å². The van der Waals surface area contributed by atoms with Crippen LogP contribution in [-0.4, -0.2) is 40.0 Å². The summed E-state index contributed by atoms with van der Waals surface area (Å²) >= 11 is 0. The number of ether oxygens (including phenoxy) is 2. The van der Waals surface area contributed by atoms with Crippen molar-refractivity contribution in [2.24, 2.45) is 0 Å². The molecule has 0 amide bonds. The lowest BCUT2D eigenvalue weighted by Crippen LogP contribution is -2.43. The van der Waals surface area contributed by atoms with Gasteiger partial charge in [0.25, 0.3) is 0 Å². The minimum absolute atomic E-state index is 0.0563. The van der Waals surface area contributed by atoms with Crippen LogP contribution < -0.4 is 0 Å². The summed E-state index contributed by atoms with van der Waals surface area (Å²) in [5.74, 6) is -0.496. The molecule has 1 saturated carbocycles. The number of nitrogens with zero attached hydrogens (tertiary/aromatic N) is 2. The fourth-order valence-corrected chi connectivity index (χ4v) is 3.19. The van der Waals surface area contributed by atoms with Gasteiger partial charge in [0.05, 0.1) is 31.1 Å². The van der Waals surface area contributed by atoms with Gasteiger partial charge in [0, 0.05) is 18.5 Å². The average molecular weight is 266 g/mol. The molecule has 1 aromatic rings. The normalized spacial score (nSPS) is 30.1. The lowest BCUT2D eigenvalue weighted by molar-refractivity contribution is -0.200. The Morgan fingerprint density at radius 3 is 2.53 bits per heavy atom. The van der Waals surface area contributed by atoms with E-state index in [1.807, 2.05) is 11.6 Å². The molecule has 2 heterocycles. The third kappa shape index (κ3) is 2.10. The van der Waals surface area contributed by atoms with Crippen LogP contribution in [0.5, 0.6) is 0 Å². The zero-order valence-electron chi connectivity index (χ0n) is 11.8. The van der Waals surface area contributed by atoms with E-state index >= 15 is 0 Å². The van der Waals surface area contributed by atoms with Crippen LogP contribution >= 0.6 is 0 Å². The van der Waals surface area contributed by atoms with E-state index in [0.29, 0.717) is 26.1 Å². The molecule has 1 aliphatic carbocycles. The Labute approximate surface area is 113 Å². The Hall–Kier alpha value is -0.910. The third-order valence-corrected chi connectivity index (χ3v) is 4.60. The van der Waals surface area contributed by atoms with Gasteiger partial charge in [0.2, 0.25) is 0 Å². The number of aromatic nitrogens is 2. The fraction of sp³-hybridized carbons (Fsp3) is 0.786. The van der Waals surface area contributed by atoms with E-state index in [2.05, 4.69) is 18.9 Å². The quantitative estimate of drug-likeness (QED) is 0.839. The summed E-state index contributed by atoms with van der Waals surface area (Å²) in [5.41, 5.74) is 3.34. The van der Waals surface area contributed by atoms with Gasteiger partial charge in [-0.05, 0) is 32.8 Å². The highest BCUT2D eigenvalue weighted by Crippen LogP contribution is 2.41. The SMILES string of the molecule is Cc1nn(C2CC3(CCC2O)OCCO3)c(C)c1C. The predicted octanol–water partition coefficient (Wildman–Crippen LogP) is 1.64. The van der Waals surface area contributed by atoms with Crippen molar-refractivity contribution in [3.8, 4) is 0 Å². The lowest BCUT2D eigenvalue weighted by atomic mass is 9.87. The smallest absolute Gasteiger partial charge is 0.170 e. The van der Waals surface area contributed by atoms with Gasteiger partial charge in [-0.1, -0.05) is 0 Å². The van der Waals surface area contributed by atoms with Gasteiger partial charge in [0.15, 0.2) is 5.79 Å². The van der Waals surface area contributed by atoms with E-state index in [4.69, 9.17) is 9.47 Å². The second kappa shape index (κ2) is 4.58. The van der Waals surface area contributed by atoms with Gasteiger partial charge >= 0.3 is 0 Å². The second-order valence-corrected chi connectivity index (χ2v) is 5.73. The maximum Gasteiger partial charge on any atom is 0.170 e. The molecular formula is C14H22N2O3. The van der Waals surface area contributed by atoms with Gasteiger partial charge in [-0.15, -0.1) is 0 Å². The zero-order valence-corrected chi connectivity index (χ0v) is 11.8. The van der Waals surface area contributed by atoms with E-state index in [1.54, 1.807) is 0 Å². The fourth-order valence-electron chi connectivity index (χ4n) is 3.19. The Kier molecular flexibility index (Phi) is 3.15. The Bertz CT molecular complexity index is 477. The number of aliphatic hydroxyl groups is 1. The highest BCUT2D eigenvalue weighted by Gasteiger charge is 2.46. The van der Waals surface area contributed by atoms with Gasteiger partial charge < -0.3 is 14.6 Å². The van der Waals surface area contributed by atoms with Crippen molar-refractivity contribution < 1.29 is 14.6 Å². The van der Waals surface area contributed by atoms with Crippen molar-refractivity contribution in [3.05, 3.63) is 17.0 Å². The summed E-state index contributed by atoms with van der Waals surface area (Å²) in [4.78, 5) is 0.